The molecule has 1 aliphatic heterocycles. The third-order valence-electron chi connectivity index (χ3n) is 3.79. The van der Waals surface area contributed by atoms with Crippen molar-refractivity contribution < 1.29 is 9.90 Å². The fourth-order valence-electron chi connectivity index (χ4n) is 2.61. The summed E-state index contributed by atoms with van der Waals surface area (Å²) in [6.45, 7) is 3.24. The number of fused-ring (bicyclic) bond motifs is 1. The lowest BCUT2D eigenvalue weighted by atomic mass is 9.99. The number of aromatic hydroxyl groups is 1. The molecule has 2 aromatic rings. The molecule has 0 fully saturated rings. The Bertz CT molecular complexity index is 748. The number of hydrogen-bond acceptors (Lipinski definition) is 4. The van der Waals surface area contributed by atoms with Gasteiger partial charge in [0.25, 0.3) is 0 Å². The van der Waals surface area contributed by atoms with Gasteiger partial charge in [0.05, 0.1) is 6.42 Å². The molecule has 0 bridgehead atoms. The van der Waals surface area contributed by atoms with Gasteiger partial charge in [-0.2, -0.15) is 0 Å². The Morgan fingerprint density at radius 2 is 2.29 bits per heavy atom. The SMILES string of the molecule is Cc1[nH]c(=S)sc1CC(=O)N1CCc2ccc(O)cc2C1. The Balaban J connectivity index is 1.75. The minimum atomic E-state index is 0.109. The summed E-state index contributed by atoms with van der Waals surface area (Å²) in [5.74, 6) is 0.361. The number of aromatic amines is 1. The van der Waals surface area contributed by atoms with Crippen molar-refractivity contribution in [2.75, 3.05) is 6.54 Å². The number of carbonyl (C=O) groups excluding carboxylic acids is 1. The normalized spacial score (nSPS) is 14.0. The molecule has 0 saturated carbocycles. The highest BCUT2D eigenvalue weighted by molar-refractivity contribution is 7.73. The van der Waals surface area contributed by atoms with Gasteiger partial charge in [-0.1, -0.05) is 6.07 Å². The highest BCUT2D eigenvalue weighted by Crippen LogP contribution is 2.24. The molecular weight excluding hydrogens is 304 g/mol. The van der Waals surface area contributed by atoms with E-state index < -0.39 is 0 Å². The van der Waals surface area contributed by atoms with Gasteiger partial charge < -0.3 is 15.0 Å². The molecule has 1 aromatic carbocycles. The molecule has 1 aliphatic rings. The molecule has 21 heavy (non-hydrogen) atoms. The lowest BCUT2D eigenvalue weighted by Gasteiger charge is -2.29. The fraction of sp³-hybridized carbons (Fsp3) is 0.333. The van der Waals surface area contributed by atoms with Gasteiger partial charge in [-0.05, 0) is 48.8 Å². The summed E-state index contributed by atoms with van der Waals surface area (Å²) in [6, 6.07) is 5.39. The van der Waals surface area contributed by atoms with Gasteiger partial charge in [-0.3, -0.25) is 4.79 Å². The van der Waals surface area contributed by atoms with Crippen LogP contribution in [0, 0.1) is 10.9 Å². The average molecular weight is 320 g/mol. The van der Waals surface area contributed by atoms with E-state index in [1.165, 1.54) is 16.9 Å². The largest absolute Gasteiger partial charge is 0.508 e. The van der Waals surface area contributed by atoms with E-state index in [-0.39, 0.29) is 11.7 Å². The van der Waals surface area contributed by atoms with E-state index >= 15 is 0 Å². The summed E-state index contributed by atoms with van der Waals surface area (Å²) in [4.78, 5) is 18.4. The van der Waals surface area contributed by atoms with Crippen molar-refractivity contribution in [3.05, 3.63) is 43.9 Å². The number of hydrogen-bond donors (Lipinski definition) is 2. The third-order valence-corrected chi connectivity index (χ3v) is 5.13. The Labute approximate surface area is 132 Å². The van der Waals surface area contributed by atoms with E-state index in [2.05, 4.69) is 4.98 Å². The number of amides is 1. The first-order chi connectivity index (χ1) is 10.0. The van der Waals surface area contributed by atoms with Crippen LogP contribution < -0.4 is 0 Å². The molecule has 0 radical (unpaired) electrons. The molecule has 0 atom stereocenters. The van der Waals surface area contributed by atoms with Crippen LogP contribution in [0.4, 0.5) is 0 Å². The topological polar surface area (TPSA) is 56.3 Å². The number of rotatable bonds is 2. The number of thiazole rings is 1. The molecule has 0 saturated heterocycles. The van der Waals surface area contributed by atoms with Crippen LogP contribution in [0.15, 0.2) is 18.2 Å². The summed E-state index contributed by atoms with van der Waals surface area (Å²) in [7, 11) is 0. The number of benzene rings is 1. The molecule has 0 aliphatic carbocycles. The zero-order valence-electron chi connectivity index (χ0n) is 11.7. The molecule has 2 heterocycles. The Kier molecular flexibility index (Phi) is 3.82. The molecule has 110 valence electrons. The number of phenolic OH excluding ortho intramolecular Hbond substituents is 1. The summed E-state index contributed by atoms with van der Waals surface area (Å²) in [5, 5.41) is 9.57. The summed E-state index contributed by atoms with van der Waals surface area (Å²) < 4.78 is 0.712. The van der Waals surface area contributed by atoms with Gasteiger partial charge in [0.1, 0.15) is 5.75 Å². The number of H-pyrrole nitrogens is 1. The van der Waals surface area contributed by atoms with E-state index in [9.17, 15) is 9.90 Å². The average Bonchev–Trinajstić information content (AvgIpc) is 2.76. The quantitative estimate of drug-likeness (QED) is 0.837. The molecule has 3 rings (SSSR count). The van der Waals surface area contributed by atoms with Gasteiger partial charge in [0.2, 0.25) is 5.91 Å². The van der Waals surface area contributed by atoms with Crippen molar-refractivity contribution in [2.24, 2.45) is 0 Å². The number of carbonyl (C=O) groups is 1. The maximum atomic E-state index is 12.4. The van der Waals surface area contributed by atoms with Crippen LogP contribution >= 0.6 is 23.6 Å². The van der Waals surface area contributed by atoms with Gasteiger partial charge in [-0.25, -0.2) is 0 Å². The van der Waals surface area contributed by atoms with Gasteiger partial charge in [-0.15, -0.1) is 11.3 Å². The monoisotopic (exact) mass is 320 g/mol. The molecular formula is C15H16N2O2S2. The summed E-state index contributed by atoms with van der Waals surface area (Å²) in [6.07, 6.45) is 1.22. The van der Waals surface area contributed by atoms with Crippen LogP contribution in [0.5, 0.6) is 5.75 Å². The lowest BCUT2D eigenvalue weighted by Crippen LogP contribution is -2.36. The first-order valence-corrected chi connectivity index (χ1v) is 8.02. The third kappa shape index (κ3) is 3.01. The maximum Gasteiger partial charge on any atom is 0.228 e. The molecule has 1 amide bonds. The zero-order valence-corrected chi connectivity index (χ0v) is 13.3. The first-order valence-electron chi connectivity index (χ1n) is 6.80. The molecule has 0 spiro atoms. The van der Waals surface area contributed by atoms with Crippen molar-refractivity contribution in [3.63, 3.8) is 0 Å². The molecule has 6 heteroatoms. The van der Waals surface area contributed by atoms with Crippen molar-refractivity contribution in [1.82, 2.24) is 9.88 Å². The van der Waals surface area contributed by atoms with Gasteiger partial charge >= 0.3 is 0 Å². The van der Waals surface area contributed by atoms with E-state index in [1.54, 1.807) is 12.1 Å². The minimum Gasteiger partial charge on any atom is -0.508 e. The summed E-state index contributed by atoms with van der Waals surface area (Å²) >= 11 is 6.57. The number of nitrogens with zero attached hydrogens (tertiary/aromatic N) is 1. The molecule has 2 N–H and O–H groups in total. The Morgan fingerprint density at radius 3 is 3.00 bits per heavy atom. The van der Waals surface area contributed by atoms with Crippen molar-refractivity contribution in [1.29, 1.82) is 0 Å². The minimum absolute atomic E-state index is 0.109. The smallest absolute Gasteiger partial charge is 0.228 e. The number of aromatic nitrogens is 1. The second kappa shape index (κ2) is 5.61. The molecule has 4 nitrogen and oxygen atoms in total. The standard InChI is InChI=1S/C15H16N2O2S2/c1-9-13(21-15(20)16-9)7-14(19)17-5-4-10-2-3-12(18)6-11(10)8-17/h2-3,6,18H,4-5,7-8H2,1H3,(H,16,20). The van der Waals surface area contributed by atoms with Crippen LogP contribution in [0.1, 0.15) is 21.7 Å². The highest BCUT2D eigenvalue weighted by Gasteiger charge is 2.22. The predicted molar refractivity (Wildman–Crippen MR) is 85.2 cm³/mol. The van der Waals surface area contributed by atoms with Crippen LogP contribution in [-0.2, 0) is 24.2 Å². The highest BCUT2D eigenvalue weighted by atomic mass is 32.1. The number of nitrogens with one attached hydrogen (secondary N) is 1. The van der Waals surface area contributed by atoms with Crippen LogP contribution in [0.25, 0.3) is 0 Å². The maximum absolute atomic E-state index is 12.4. The molecule has 0 unspecified atom stereocenters. The van der Waals surface area contributed by atoms with E-state index in [0.29, 0.717) is 16.9 Å². The van der Waals surface area contributed by atoms with Gasteiger partial charge in [0.15, 0.2) is 3.95 Å². The van der Waals surface area contributed by atoms with E-state index in [1.807, 2.05) is 17.9 Å². The van der Waals surface area contributed by atoms with Crippen LogP contribution in [0.3, 0.4) is 0 Å². The lowest BCUT2D eigenvalue weighted by molar-refractivity contribution is -0.131. The van der Waals surface area contributed by atoms with Crippen LogP contribution in [0.2, 0.25) is 0 Å². The van der Waals surface area contributed by atoms with E-state index in [0.717, 1.165) is 29.1 Å². The fourth-order valence-corrected chi connectivity index (χ4v) is 3.89. The second-order valence-electron chi connectivity index (χ2n) is 5.26. The van der Waals surface area contributed by atoms with Crippen molar-refractivity contribution in [3.8, 4) is 5.75 Å². The zero-order chi connectivity index (χ0) is 15.0. The Morgan fingerprint density at radius 1 is 1.48 bits per heavy atom. The van der Waals surface area contributed by atoms with E-state index in [4.69, 9.17) is 12.2 Å². The van der Waals surface area contributed by atoms with Gasteiger partial charge in [0, 0.05) is 23.7 Å². The van der Waals surface area contributed by atoms with Crippen LogP contribution in [-0.4, -0.2) is 27.4 Å². The predicted octanol–water partition coefficient (Wildman–Crippen LogP) is 2.95. The first kappa shape index (κ1) is 14.3. The second-order valence-corrected chi connectivity index (χ2v) is 7.03. The number of phenols is 1. The van der Waals surface area contributed by atoms with Crippen molar-refractivity contribution in [2.45, 2.75) is 26.3 Å². The Hall–Kier alpha value is -1.66. The summed E-state index contributed by atoms with van der Waals surface area (Å²) in [5.41, 5.74) is 3.23. The number of aryl methyl sites for hydroxylation is 1. The van der Waals surface area contributed by atoms with Crippen molar-refractivity contribution >= 4 is 29.5 Å². The molecule has 1 aromatic heterocycles.